The Balaban J connectivity index is 1.53. The molecular formula is C19H19N3O5. The highest BCUT2D eigenvalue weighted by atomic mass is 16.5. The van der Waals surface area contributed by atoms with Gasteiger partial charge in [0.05, 0.1) is 25.3 Å². The molecule has 1 heterocycles. The van der Waals surface area contributed by atoms with E-state index < -0.39 is 6.03 Å². The van der Waals surface area contributed by atoms with Crippen molar-refractivity contribution in [3.8, 4) is 11.5 Å². The fraction of sp³-hybridized carbons (Fsp3) is 0.211. The quantitative estimate of drug-likeness (QED) is 0.761. The number of nitrogens with one attached hydrogen (secondary N) is 2. The Morgan fingerprint density at radius 1 is 0.963 bits per heavy atom. The Kier molecular flexibility index (Phi) is 5.25. The Bertz CT molecular complexity index is 862. The second kappa shape index (κ2) is 7.77. The highest BCUT2D eigenvalue weighted by Crippen LogP contribution is 2.29. The maximum Gasteiger partial charge on any atom is 0.319 e. The molecule has 0 saturated heterocycles. The van der Waals surface area contributed by atoms with E-state index in [-0.39, 0.29) is 24.9 Å². The van der Waals surface area contributed by atoms with Crippen molar-refractivity contribution in [2.75, 3.05) is 32.6 Å². The molecule has 1 aliphatic rings. The number of rotatable bonds is 6. The molecule has 0 saturated carbocycles. The van der Waals surface area contributed by atoms with Crippen LogP contribution >= 0.6 is 0 Å². The molecule has 8 nitrogen and oxygen atoms in total. The van der Waals surface area contributed by atoms with Crippen LogP contribution in [0.4, 0.5) is 10.5 Å². The van der Waals surface area contributed by atoms with E-state index in [4.69, 9.17) is 9.47 Å². The molecular weight excluding hydrogens is 350 g/mol. The van der Waals surface area contributed by atoms with Crippen molar-refractivity contribution in [3.63, 3.8) is 0 Å². The summed E-state index contributed by atoms with van der Waals surface area (Å²) >= 11 is 0. The number of hydrogen-bond acceptors (Lipinski definition) is 5. The van der Waals surface area contributed by atoms with E-state index in [2.05, 4.69) is 10.6 Å². The van der Waals surface area contributed by atoms with Crippen LogP contribution in [0.1, 0.15) is 20.7 Å². The number of carbonyl (C=O) groups excluding carboxylic acids is 3. The number of hydrogen-bond donors (Lipinski definition) is 2. The molecule has 0 atom stereocenters. The highest BCUT2D eigenvalue weighted by molar-refractivity contribution is 6.21. The summed E-state index contributed by atoms with van der Waals surface area (Å²) in [5.41, 5.74) is 1.29. The molecule has 27 heavy (non-hydrogen) atoms. The van der Waals surface area contributed by atoms with Crippen LogP contribution in [0.3, 0.4) is 0 Å². The maximum absolute atomic E-state index is 12.3. The van der Waals surface area contributed by atoms with E-state index in [1.807, 2.05) is 0 Å². The van der Waals surface area contributed by atoms with E-state index in [1.165, 1.54) is 14.2 Å². The van der Waals surface area contributed by atoms with Crippen molar-refractivity contribution < 1.29 is 23.9 Å². The van der Waals surface area contributed by atoms with Gasteiger partial charge in [0.1, 0.15) is 0 Å². The van der Waals surface area contributed by atoms with Crippen LogP contribution in [-0.4, -0.2) is 50.1 Å². The largest absolute Gasteiger partial charge is 0.493 e. The van der Waals surface area contributed by atoms with Gasteiger partial charge in [-0.05, 0) is 24.3 Å². The number of anilines is 1. The van der Waals surface area contributed by atoms with Gasteiger partial charge in [-0.1, -0.05) is 12.1 Å². The first-order valence-electron chi connectivity index (χ1n) is 8.27. The van der Waals surface area contributed by atoms with E-state index in [0.29, 0.717) is 28.3 Å². The molecule has 8 heteroatoms. The normalized spacial score (nSPS) is 12.6. The molecule has 0 unspecified atom stereocenters. The molecule has 4 amide bonds. The van der Waals surface area contributed by atoms with Crippen molar-refractivity contribution in [1.29, 1.82) is 0 Å². The van der Waals surface area contributed by atoms with E-state index in [9.17, 15) is 14.4 Å². The number of carbonyl (C=O) groups is 3. The van der Waals surface area contributed by atoms with Crippen molar-refractivity contribution in [2.24, 2.45) is 0 Å². The standard InChI is InChI=1S/C19H19N3O5/c1-26-15-8-7-12(11-16(15)27-2)21-19(25)20-9-10-22-17(23)13-5-3-4-6-14(13)18(22)24/h3-8,11H,9-10H2,1-2H3,(H2,20,21,25). The van der Waals surface area contributed by atoms with Crippen LogP contribution in [-0.2, 0) is 0 Å². The van der Waals surface area contributed by atoms with Crippen LogP contribution in [0.2, 0.25) is 0 Å². The third-order valence-electron chi connectivity index (χ3n) is 4.14. The van der Waals surface area contributed by atoms with Gasteiger partial charge in [-0.2, -0.15) is 0 Å². The molecule has 0 radical (unpaired) electrons. The number of benzene rings is 2. The minimum Gasteiger partial charge on any atom is -0.493 e. The average molecular weight is 369 g/mol. The number of amides is 4. The summed E-state index contributed by atoms with van der Waals surface area (Å²) in [5, 5.41) is 5.28. The number of nitrogens with zero attached hydrogens (tertiary/aromatic N) is 1. The van der Waals surface area contributed by atoms with Gasteiger partial charge in [0, 0.05) is 24.8 Å². The number of imide groups is 1. The fourth-order valence-corrected chi connectivity index (χ4v) is 2.81. The Labute approximate surface area is 156 Å². The van der Waals surface area contributed by atoms with E-state index >= 15 is 0 Å². The summed E-state index contributed by atoms with van der Waals surface area (Å²) in [5.74, 6) is 0.339. The Morgan fingerprint density at radius 3 is 2.19 bits per heavy atom. The lowest BCUT2D eigenvalue weighted by atomic mass is 10.1. The molecule has 2 aromatic rings. The highest BCUT2D eigenvalue weighted by Gasteiger charge is 2.34. The summed E-state index contributed by atoms with van der Waals surface area (Å²) in [6, 6.07) is 11.2. The number of ether oxygens (including phenoxy) is 2. The topological polar surface area (TPSA) is 97.0 Å². The molecule has 3 rings (SSSR count). The molecule has 1 aliphatic heterocycles. The number of urea groups is 1. The summed E-state index contributed by atoms with van der Waals surface area (Å²) < 4.78 is 10.3. The van der Waals surface area contributed by atoms with Crippen molar-refractivity contribution in [2.45, 2.75) is 0 Å². The molecule has 0 aliphatic carbocycles. The third-order valence-corrected chi connectivity index (χ3v) is 4.14. The Morgan fingerprint density at radius 2 is 1.59 bits per heavy atom. The van der Waals surface area contributed by atoms with Crippen molar-refractivity contribution in [1.82, 2.24) is 10.2 Å². The number of methoxy groups -OCH3 is 2. The lowest BCUT2D eigenvalue weighted by molar-refractivity contribution is 0.0656. The van der Waals surface area contributed by atoms with Crippen molar-refractivity contribution >= 4 is 23.5 Å². The van der Waals surface area contributed by atoms with Crippen molar-refractivity contribution in [3.05, 3.63) is 53.6 Å². The Hall–Kier alpha value is -3.55. The van der Waals surface area contributed by atoms with Gasteiger partial charge in [-0.3, -0.25) is 14.5 Å². The van der Waals surface area contributed by atoms with Gasteiger partial charge in [0.25, 0.3) is 11.8 Å². The zero-order valence-electron chi connectivity index (χ0n) is 14.9. The molecule has 0 spiro atoms. The lowest BCUT2D eigenvalue weighted by Gasteiger charge is -2.15. The predicted molar refractivity (Wildman–Crippen MR) is 98.4 cm³/mol. The molecule has 140 valence electrons. The molecule has 2 aromatic carbocycles. The summed E-state index contributed by atoms with van der Waals surface area (Å²) in [7, 11) is 3.03. The lowest BCUT2D eigenvalue weighted by Crippen LogP contribution is -2.39. The number of fused-ring (bicyclic) bond motifs is 1. The SMILES string of the molecule is COc1ccc(NC(=O)NCCN2C(=O)c3ccccc3C2=O)cc1OC. The molecule has 0 fully saturated rings. The van der Waals surface area contributed by atoms with Gasteiger partial charge in [-0.15, -0.1) is 0 Å². The van der Waals surface area contributed by atoms with Gasteiger partial charge in [0.2, 0.25) is 0 Å². The van der Waals surface area contributed by atoms with E-state index in [1.54, 1.807) is 42.5 Å². The van der Waals surface area contributed by atoms with Crippen LogP contribution in [0.25, 0.3) is 0 Å². The van der Waals surface area contributed by atoms with E-state index in [0.717, 1.165) is 4.90 Å². The zero-order chi connectivity index (χ0) is 19.4. The first-order chi connectivity index (χ1) is 13.0. The first-order valence-corrected chi connectivity index (χ1v) is 8.27. The molecule has 2 N–H and O–H groups in total. The second-order valence-electron chi connectivity index (χ2n) is 5.76. The van der Waals surface area contributed by atoms with Crippen LogP contribution < -0.4 is 20.1 Å². The average Bonchev–Trinajstić information content (AvgIpc) is 2.93. The van der Waals surface area contributed by atoms with Gasteiger partial charge in [0.15, 0.2) is 11.5 Å². The minimum absolute atomic E-state index is 0.0890. The predicted octanol–water partition coefficient (Wildman–Crippen LogP) is 2.12. The minimum atomic E-state index is -0.459. The maximum atomic E-state index is 12.3. The summed E-state index contributed by atoms with van der Waals surface area (Å²) in [6.07, 6.45) is 0. The molecule has 0 aromatic heterocycles. The van der Waals surface area contributed by atoms with Gasteiger partial charge in [-0.25, -0.2) is 4.79 Å². The van der Waals surface area contributed by atoms with Crippen LogP contribution in [0.5, 0.6) is 11.5 Å². The fourth-order valence-electron chi connectivity index (χ4n) is 2.81. The summed E-state index contributed by atoms with van der Waals surface area (Å²) in [6.45, 7) is 0.219. The van der Waals surface area contributed by atoms with Crippen LogP contribution in [0, 0.1) is 0 Å². The smallest absolute Gasteiger partial charge is 0.319 e. The van der Waals surface area contributed by atoms with Gasteiger partial charge < -0.3 is 20.1 Å². The van der Waals surface area contributed by atoms with Gasteiger partial charge >= 0.3 is 6.03 Å². The van der Waals surface area contributed by atoms with Crippen LogP contribution in [0.15, 0.2) is 42.5 Å². The first kappa shape index (κ1) is 18.2. The second-order valence-corrected chi connectivity index (χ2v) is 5.76. The zero-order valence-corrected chi connectivity index (χ0v) is 14.9. The monoisotopic (exact) mass is 369 g/mol. The molecule has 0 bridgehead atoms. The summed E-state index contributed by atoms with van der Waals surface area (Å²) in [4.78, 5) is 37.7. The third kappa shape index (κ3) is 3.69.